The molecule has 13 radical (unpaired) electrons. The first-order valence-corrected chi connectivity index (χ1v) is 0. The third-order valence-electron chi connectivity index (χ3n) is 0. The number of hydrogen-bond donors (Lipinski definition) is 3. The molecule has 0 aliphatic rings. The fourth-order valence-corrected chi connectivity index (χ4v) is 0. The maximum absolute atomic E-state index is 0. The van der Waals surface area contributed by atoms with Gasteiger partial charge in [0, 0.05) is 0 Å². The topological polar surface area (TPSA) is 105 Å². The summed E-state index contributed by atoms with van der Waals surface area (Å²) in [4.78, 5) is 0. The summed E-state index contributed by atoms with van der Waals surface area (Å²) in [5.41, 5.74) is 0. The van der Waals surface area contributed by atoms with Gasteiger partial charge in [0.15, 0.2) is 0 Å². The van der Waals surface area contributed by atoms with E-state index in [1.165, 1.54) is 0 Å². The third-order valence-corrected chi connectivity index (χ3v) is 0. The molecule has 0 heterocycles. The molecular formula is H9B3N3Ti. The van der Waals surface area contributed by atoms with Crippen LogP contribution >= 0.6 is 0 Å². The molecule has 0 bridgehead atoms. The zero-order chi connectivity index (χ0) is 0. The maximum atomic E-state index is 0. The molecular weight excluding hydrogens is 122 g/mol. The minimum atomic E-state index is 0. The molecule has 0 atom stereocenters. The van der Waals surface area contributed by atoms with E-state index in [0.717, 1.165) is 0 Å². The second-order valence-corrected chi connectivity index (χ2v) is 0. The summed E-state index contributed by atoms with van der Waals surface area (Å²) >= 11 is 0. The van der Waals surface area contributed by atoms with E-state index in [1.807, 2.05) is 0 Å². The van der Waals surface area contributed by atoms with Crippen molar-refractivity contribution < 1.29 is 21.7 Å². The molecule has 0 saturated heterocycles. The van der Waals surface area contributed by atoms with Gasteiger partial charge in [0.2, 0.25) is 0 Å². The molecule has 0 unspecified atom stereocenters. The van der Waals surface area contributed by atoms with Gasteiger partial charge in [0.05, 0.1) is 0 Å². The number of rotatable bonds is 0. The molecule has 0 amide bonds. The van der Waals surface area contributed by atoms with Crippen LogP contribution in [0.25, 0.3) is 0 Å². The molecule has 0 spiro atoms. The molecule has 7 heteroatoms. The van der Waals surface area contributed by atoms with E-state index in [2.05, 4.69) is 0 Å². The van der Waals surface area contributed by atoms with E-state index >= 15 is 0 Å². The van der Waals surface area contributed by atoms with Crippen molar-refractivity contribution in [2.45, 2.75) is 0 Å². The van der Waals surface area contributed by atoms with Gasteiger partial charge >= 0.3 is 21.7 Å². The van der Waals surface area contributed by atoms with Crippen LogP contribution in [0.4, 0.5) is 0 Å². The molecule has 0 saturated carbocycles. The minimum Gasteiger partial charge on any atom is -1.00 e. The largest absolute Gasteiger partial charge is 3.00 e. The minimum absolute atomic E-state index is 0. The van der Waals surface area contributed by atoms with E-state index in [1.54, 1.807) is 0 Å². The van der Waals surface area contributed by atoms with Crippen molar-refractivity contribution >= 4 is 25.2 Å². The summed E-state index contributed by atoms with van der Waals surface area (Å²) in [5, 5.41) is 0. The zero-order valence-electron chi connectivity index (χ0n) is 4.35. The van der Waals surface area contributed by atoms with E-state index in [9.17, 15) is 0 Å². The fourth-order valence-electron chi connectivity index (χ4n) is 0. The molecule has 0 rings (SSSR count). The first kappa shape index (κ1) is 577. The van der Waals surface area contributed by atoms with Gasteiger partial charge < -0.3 is 43.7 Å². The van der Waals surface area contributed by atoms with Crippen molar-refractivity contribution in [2.24, 2.45) is 0 Å². The first-order valence-electron chi connectivity index (χ1n) is 0. The summed E-state index contributed by atoms with van der Waals surface area (Å²) in [6, 6.07) is 0. The fraction of sp³-hybridized carbons (Fsp3) is 0. The van der Waals surface area contributed by atoms with Crippen LogP contribution in [0.2, 0.25) is 0 Å². The Bertz CT molecular complexity index is 10.1. The molecule has 7 heavy (non-hydrogen) atoms. The number of hydrogen-bond acceptors (Lipinski definition) is 3. The molecule has 0 fully saturated rings. The van der Waals surface area contributed by atoms with Gasteiger partial charge in [-0.1, -0.05) is 0 Å². The summed E-state index contributed by atoms with van der Waals surface area (Å²) in [6.45, 7) is 0. The second kappa shape index (κ2) is 365. The van der Waals surface area contributed by atoms with Crippen LogP contribution in [0.3, 0.4) is 0 Å². The first-order chi connectivity index (χ1) is 0. The van der Waals surface area contributed by atoms with Crippen molar-refractivity contribution in [3.8, 4) is 0 Å². The summed E-state index contributed by atoms with van der Waals surface area (Å²) in [5.74, 6) is 0. The summed E-state index contributed by atoms with van der Waals surface area (Å²) < 4.78 is 0. The predicted octanol–water partition coefficient (Wildman–Crippen LogP) is -0.659. The van der Waals surface area contributed by atoms with Gasteiger partial charge in [-0.25, -0.2) is 0 Å². The van der Waals surface area contributed by atoms with E-state index in [0.29, 0.717) is 0 Å². The van der Waals surface area contributed by atoms with Crippen molar-refractivity contribution in [3.05, 3.63) is 0 Å². The quantitative estimate of drug-likeness (QED) is 0.380. The Morgan fingerprint density at radius 1 is 0.429 bits per heavy atom. The third kappa shape index (κ3) is 250. The van der Waals surface area contributed by atoms with Crippen LogP contribution in [0, 0.1) is 0 Å². The van der Waals surface area contributed by atoms with Gasteiger partial charge in [-0.3, -0.25) is 0 Å². The zero-order valence-corrected chi connectivity index (χ0v) is 5.91. The van der Waals surface area contributed by atoms with Gasteiger partial charge in [0.1, 0.15) is 0 Å². The van der Waals surface area contributed by atoms with Gasteiger partial charge in [-0.2, -0.15) is 0 Å². The Hall–Kier alpha value is 0.789. The Labute approximate surface area is 65.7 Å². The van der Waals surface area contributed by atoms with Crippen LogP contribution in [0.15, 0.2) is 0 Å². The van der Waals surface area contributed by atoms with Gasteiger partial charge in [-0.05, 0) is 0 Å². The molecule has 0 aromatic rings. The van der Waals surface area contributed by atoms with Crippen LogP contribution in [0.5, 0.6) is 0 Å². The van der Waals surface area contributed by atoms with Gasteiger partial charge in [-0.15, -0.1) is 0 Å². The predicted molar refractivity (Wildman–Crippen MR) is 32.3 cm³/mol. The Morgan fingerprint density at radius 2 is 0.429 bits per heavy atom. The molecule has 0 aromatic heterocycles. The van der Waals surface area contributed by atoms with Crippen molar-refractivity contribution in [1.29, 1.82) is 0 Å². The average molecular weight is 131 g/mol. The Kier molecular flexibility index (Phi) is 30100. The van der Waals surface area contributed by atoms with E-state index in [4.69, 9.17) is 0 Å². The Morgan fingerprint density at radius 3 is 0.429 bits per heavy atom. The Balaban J connectivity index is 0. The monoisotopic (exact) mass is 132 g/mol. The molecule has 9 N–H and O–H groups in total. The van der Waals surface area contributed by atoms with Gasteiger partial charge in [0.25, 0.3) is 0 Å². The standard InChI is InChI=1S/3B.3H3N.Ti/h;;;3*1H3;/q3*-1;;;;+3. The molecule has 0 aliphatic carbocycles. The average Bonchev–Trinajstić information content (AvgIpc) is 0. The van der Waals surface area contributed by atoms with Crippen LogP contribution in [-0.4, -0.2) is 25.2 Å². The smallest absolute Gasteiger partial charge is 1.00 e. The van der Waals surface area contributed by atoms with Crippen LogP contribution < -0.4 is 18.5 Å². The molecule has 0 aromatic carbocycles. The maximum Gasteiger partial charge on any atom is 3.00 e. The summed E-state index contributed by atoms with van der Waals surface area (Å²) in [7, 11) is 0. The van der Waals surface area contributed by atoms with Crippen molar-refractivity contribution in [1.82, 2.24) is 18.5 Å². The van der Waals surface area contributed by atoms with Crippen LogP contribution in [0.1, 0.15) is 0 Å². The van der Waals surface area contributed by atoms with E-state index in [-0.39, 0.29) is 65.4 Å². The summed E-state index contributed by atoms with van der Waals surface area (Å²) in [6.07, 6.45) is 0. The molecule has 0 aliphatic heterocycles. The normalized spacial score (nSPS) is 0. The van der Waals surface area contributed by atoms with Crippen molar-refractivity contribution in [3.63, 3.8) is 0 Å². The second-order valence-electron chi connectivity index (χ2n) is 0. The van der Waals surface area contributed by atoms with E-state index < -0.39 is 0 Å². The van der Waals surface area contributed by atoms with Crippen LogP contribution in [-0.2, 0) is 21.7 Å². The van der Waals surface area contributed by atoms with Crippen molar-refractivity contribution in [2.75, 3.05) is 0 Å². The molecule has 37 valence electrons. The molecule has 3 nitrogen and oxygen atoms in total. The SMILES string of the molecule is N.N.N.[B-].[B-].[B-].[Ti+3].